The molecule has 0 atom stereocenters. The molecule has 0 amide bonds. The maximum absolute atomic E-state index is 5.76. The fraction of sp³-hybridized carbons (Fsp3) is 0.750. The number of furan rings is 1. The van der Waals surface area contributed by atoms with Gasteiger partial charge in [-0.1, -0.05) is 0 Å². The second-order valence-corrected chi connectivity index (χ2v) is 6.54. The van der Waals surface area contributed by atoms with Crippen molar-refractivity contribution < 1.29 is 13.9 Å². The van der Waals surface area contributed by atoms with Crippen molar-refractivity contribution in [2.45, 2.75) is 52.3 Å². The molecule has 114 valence electrons. The predicted octanol–water partition coefficient (Wildman–Crippen LogP) is 3.11. The molecule has 1 aliphatic rings. The highest BCUT2D eigenvalue weighted by Crippen LogP contribution is 2.16. The summed E-state index contributed by atoms with van der Waals surface area (Å²) in [5.74, 6) is 2.51. The quantitative estimate of drug-likeness (QED) is 0.870. The molecule has 1 fully saturated rings. The van der Waals surface area contributed by atoms with E-state index in [2.05, 4.69) is 26.1 Å². The second kappa shape index (κ2) is 7.25. The van der Waals surface area contributed by atoms with Gasteiger partial charge in [-0.2, -0.15) is 0 Å². The Morgan fingerprint density at radius 1 is 1.20 bits per heavy atom. The summed E-state index contributed by atoms with van der Waals surface area (Å²) < 4.78 is 16.8. The Morgan fingerprint density at radius 3 is 2.60 bits per heavy atom. The van der Waals surface area contributed by atoms with Gasteiger partial charge in [0.15, 0.2) is 0 Å². The molecule has 2 heterocycles. The van der Waals surface area contributed by atoms with Crippen molar-refractivity contribution in [3.05, 3.63) is 23.7 Å². The van der Waals surface area contributed by atoms with Gasteiger partial charge in [-0.3, -0.25) is 0 Å². The zero-order valence-corrected chi connectivity index (χ0v) is 12.9. The molecule has 4 nitrogen and oxygen atoms in total. The van der Waals surface area contributed by atoms with Crippen molar-refractivity contribution in [3.8, 4) is 0 Å². The van der Waals surface area contributed by atoms with E-state index in [9.17, 15) is 0 Å². The Bertz CT molecular complexity index is 389. The van der Waals surface area contributed by atoms with E-state index in [0.29, 0.717) is 12.5 Å². The van der Waals surface area contributed by atoms with E-state index in [1.54, 1.807) is 0 Å². The molecular formula is C16H27NO3. The molecule has 0 unspecified atom stereocenters. The normalized spacial score (nSPS) is 17.6. The minimum Gasteiger partial charge on any atom is -0.462 e. The van der Waals surface area contributed by atoms with E-state index < -0.39 is 0 Å². The van der Waals surface area contributed by atoms with Crippen LogP contribution in [0.5, 0.6) is 0 Å². The van der Waals surface area contributed by atoms with Crippen molar-refractivity contribution in [1.29, 1.82) is 0 Å². The van der Waals surface area contributed by atoms with Crippen LogP contribution in [0.2, 0.25) is 0 Å². The SMILES string of the molecule is CC(C)(C)NCc1ccc(COCC2CCOCC2)o1. The van der Waals surface area contributed by atoms with Gasteiger partial charge in [-0.25, -0.2) is 0 Å². The van der Waals surface area contributed by atoms with E-state index in [1.165, 1.54) is 0 Å². The van der Waals surface area contributed by atoms with Crippen LogP contribution in [0.15, 0.2) is 16.5 Å². The van der Waals surface area contributed by atoms with Crippen LogP contribution in [-0.2, 0) is 22.6 Å². The third kappa shape index (κ3) is 5.65. The third-order valence-electron chi connectivity index (χ3n) is 3.45. The second-order valence-electron chi connectivity index (χ2n) is 6.54. The highest BCUT2D eigenvalue weighted by Gasteiger charge is 2.14. The van der Waals surface area contributed by atoms with Crippen molar-refractivity contribution in [3.63, 3.8) is 0 Å². The van der Waals surface area contributed by atoms with Crippen LogP contribution in [0.3, 0.4) is 0 Å². The van der Waals surface area contributed by atoms with Gasteiger partial charge in [0.05, 0.1) is 13.2 Å². The summed E-state index contributed by atoms with van der Waals surface area (Å²) in [6.07, 6.45) is 2.22. The summed E-state index contributed by atoms with van der Waals surface area (Å²) in [5, 5.41) is 3.41. The number of nitrogens with one attached hydrogen (secondary N) is 1. The van der Waals surface area contributed by atoms with Crippen LogP contribution < -0.4 is 5.32 Å². The lowest BCUT2D eigenvalue weighted by Crippen LogP contribution is -2.34. The third-order valence-corrected chi connectivity index (χ3v) is 3.45. The molecule has 0 aromatic carbocycles. The number of hydrogen-bond acceptors (Lipinski definition) is 4. The highest BCUT2D eigenvalue weighted by atomic mass is 16.5. The standard InChI is InChI=1S/C16H27NO3/c1-16(2,3)17-10-14-4-5-15(20-14)12-19-11-13-6-8-18-9-7-13/h4-5,13,17H,6-12H2,1-3H3. The van der Waals surface area contributed by atoms with Crippen molar-refractivity contribution in [1.82, 2.24) is 5.32 Å². The van der Waals surface area contributed by atoms with Gasteiger partial charge in [0.25, 0.3) is 0 Å². The molecule has 2 rings (SSSR count). The topological polar surface area (TPSA) is 43.6 Å². The van der Waals surface area contributed by atoms with E-state index in [1.807, 2.05) is 12.1 Å². The minimum absolute atomic E-state index is 0.104. The van der Waals surface area contributed by atoms with Gasteiger partial charge in [0, 0.05) is 18.8 Å². The molecule has 1 aliphatic heterocycles. The summed E-state index contributed by atoms with van der Waals surface area (Å²) in [7, 11) is 0. The number of rotatable bonds is 6. The smallest absolute Gasteiger partial charge is 0.129 e. The summed E-state index contributed by atoms with van der Waals surface area (Å²) in [5.41, 5.74) is 0.104. The van der Waals surface area contributed by atoms with Crippen molar-refractivity contribution >= 4 is 0 Å². The molecule has 1 N–H and O–H groups in total. The lowest BCUT2D eigenvalue weighted by atomic mass is 10.0. The Labute approximate surface area is 121 Å². The van der Waals surface area contributed by atoms with Crippen LogP contribution in [-0.4, -0.2) is 25.4 Å². The molecule has 1 saturated heterocycles. The first-order valence-corrected chi connectivity index (χ1v) is 7.51. The molecule has 1 aromatic heterocycles. The minimum atomic E-state index is 0.104. The molecule has 20 heavy (non-hydrogen) atoms. The summed E-state index contributed by atoms with van der Waals surface area (Å²) in [6, 6.07) is 4.02. The Balaban J connectivity index is 1.67. The maximum atomic E-state index is 5.76. The van der Waals surface area contributed by atoms with Crippen LogP contribution in [0, 0.1) is 5.92 Å². The van der Waals surface area contributed by atoms with E-state index >= 15 is 0 Å². The van der Waals surface area contributed by atoms with Crippen LogP contribution in [0.1, 0.15) is 45.1 Å². The van der Waals surface area contributed by atoms with Crippen LogP contribution in [0.25, 0.3) is 0 Å². The number of ether oxygens (including phenoxy) is 2. The molecule has 0 bridgehead atoms. The number of hydrogen-bond donors (Lipinski definition) is 1. The van der Waals surface area contributed by atoms with E-state index in [4.69, 9.17) is 13.9 Å². The first-order valence-electron chi connectivity index (χ1n) is 7.51. The lowest BCUT2D eigenvalue weighted by molar-refractivity contribution is 0.0117. The molecule has 0 saturated carbocycles. The van der Waals surface area contributed by atoms with Crippen LogP contribution in [0.4, 0.5) is 0 Å². The fourth-order valence-corrected chi connectivity index (χ4v) is 2.19. The highest BCUT2D eigenvalue weighted by molar-refractivity contribution is 5.06. The average molecular weight is 281 g/mol. The lowest BCUT2D eigenvalue weighted by Gasteiger charge is -2.21. The van der Waals surface area contributed by atoms with Gasteiger partial charge in [0.2, 0.25) is 0 Å². The molecule has 0 spiro atoms. The van der Waals surface area contributed by atoms with E-state index in [0.717, 1.165) is 50.7 Å². The van der Waals surface area contributed by atoms with Gasteiger partial charge in [0.1, 0.15) is 18.1 Å². The zero-order chi connectivity index (χ0) is 14.4. The fourth-order valence-electron chi connectivity index (χ4n) is 2.19. The monoisotopic (exact) mass is 281 g/mol. The average Bonchev–Trinajstić information content (AvgIpc) is 2.85. The molecule has 0 radical (unpaired) electrons. The molecule has 1 aromatic rings. The first kappa shape index (κ1) is 15.5. The zero-order valence-electron chi connectivity index (χ0n) is 12.9. The Morgan fingerprint density at radius 2 is 1.90 bits per heavy atom. The van der Waals surface area contributed by atoms with Gasteiger partial charge >= 0.3 is 0 Å². The first-order chi connectivity index (χ1) is 9.53. The molecule has 4 heteroatoms. The summed E-state index contributed by atoms with van der Waals surface area (Å²) >= 11 is 0. The Hall–Kier alpha value is -0.840. The molecule has 0 aliphatic carbocycles. The van der Waals surface area contributed by atoms with Gasteiger partial charge < -0.3 is 19.2 Å². The van der Waals surface area contributed by atoms with Crippen molar-refractivity contribution in [2.24, 2.45) is 5.92 Å². The van der Waals surface area contributed by atoms with E-state index in [-0.39, 0.29) is 5.54 Å². The van der Waals surface area contributed by atoms with Gasteiger partial charge in [-0.05, 0) is 51.7 Å². The maximum Gasteiger partial charge on any atom is 0.129 e. The van der Waals surface area contributed by atoms with Crippen molar-refractivity contribution in [2.75, 3.05) is 19.8 Å². The largest absolute Gasteiger partial charge is 0.462 e. The summed E-state index contributed by atoms with van der Waals surface area (Å²) in [4.78, 5) is 0. The Kier molecular flexibility index (Phi) is 5.64. The summed E-state index contributed by atoms with van der Waals surface area (Å²) in [6.45, 7) is 10.3. The van der Waals surface area contributed by atoms with Crippen LogP contribution >= 0.6 is 0 Å². The molecular weight excluding hydrogens is 254 g/mol. The predicted molar refractivity (Wildman–Crippen MR) is 78.5 cm³/mol. The van der Waals surface area contributed by atoms with Gasteiger partial charge in [-0.15, -0.1) is 0 Å².